The highest BCUT2D eigenvalue weighted by Gasteiger charge is 2.19. The van der Waals surface area contributed by atoms with E-state index in [4.69, 9.17) is 30.5 Å². The van der Waals surface area contributed by atoms with Crippen LogP contribution >= 0.6 is 11.6 Å². The van der Waals surface area contributed by atoms with Gasteiger partial charge in [0.15, 0.2) is 6.10 Å². The Kier molecular flexibility index (Phi) is 9.72. The van der Waals surface area contributed by atoms with Gasteiger partial charge < -0.3 is 29.2 Å². The predicted octanol–water partition coefficient (Wildman–Crippen LogP) is 3.21. The summed E-state index contributed by atoms with van der Waals surface area (Å²) in [4.78, 5) is 23.2. The molecule has 2 rings (SSSR count). The number of aliphatic hydroxyl groups is 2. The number of rotatable bonds is 12. The van der Waals surface area contributed by atoms with Crippen LogP contribution in [0, 0.1) is 0 Å². The average Bonchev–Trinajstić information content (AvgIpc) is 2.79. The molecule has 0 aromatic heterocycles. The van der Waals surface area contributed by atoms with Gasteiger partial charge in [-0.3, -0.25) is 0 Å². The van der Waals surface area contributed by atoms with E-state index in [-0.39, 0.29) is 36.0 Å². The van der Waals surface area contributed by atoms with Gasteiger partial charge in [-0.15, -0.1) is 0 Å². The Morgan fingerprint density at radius 1 is 1.00 bits per heavy atom. The number of aliphatic hydroxyl groups excluding tert-OH is 2. The summed E-state index contributed by atoms with van der Waals surface area (Å²) in [5.74, 6) is -0.521. The third-order valence-corrected chi connectivity index (χ3v) is 4.62. The van der Waals surface area contributed by atoms with Crippen molar-refractivity contribution < 1.29 is 38.7 Å². The Morgan fingerprint density at radius 3 is 2.24 bits per heavy atom. The molecule has 0 radical (unpaired) electrons. The largest absolute Gasteiger partial charge is 0.489 e. The highest BCUT2D eigenvalue weighted by Crippen LogP contribution is 2.39. The van der Waals surface area contributed by atoms with Crippen LogP contribution in [0.5, 0.6) is 11.5 Å². The van der Waals surface area contributed by atoms with Gasteiger partial charge in [0.1, 0.15) is 37.4 Å². The van der Waals surface area contributed by atoms with Gasteiger partial charge in [-0.05, 0) is 13.8 Å². The molecule has 2 unspecified atom stereocenters. The molecule has 0 aliphatic carbocycles. The summed E-state index contributed by atoms with van der Waals surface area (Å²) in [6.45, 7) is 9.03. The van der Waals surface area contributed by atoms with Crippen molar-refractivity contribution in [2.24, 2.45) is 0 Å². The minimum atomic E-state index is -1.08. The van der Waals surface area contributed by atoms with Crippen molar-refractivity contribution in [2.75, 3.05) is 26.4 Å². The number of fused-ring (bicyclic) bond motifs is 1. The summed E-state index contributed by atoms with van der Waals surface area (Å²) in [6, 6.07) is 8.66. The average molecular weight is 479 g/mol. The van der Waals surface area contributed by atoms with Crippen molar-refractivity contribution in [2.45, 2.75) is 26.1 Å². The molecule has 178 valence electrons. The maximum absolute atomic E-state index is 11.7. The van der Waals surface area contributed by atoms with Crippen LogP contribution in [0.1, 0.15) is 13.8 Å². The Labute approximate surface area is 197 Å². The van der Waals surface area contributed by atoms with Crippen LogP contribution in [0.4, 0.5) is 0 Å². The lowest BCUT2D eigenvalue weighted by Crippen LogP contribution is -2.28. The quantitative estimate of drug-likeness (QED) is 0.353. The van der Waals surface area contributed by atoms with E-state index in [9.17, 15) is 19.8 Å². The molecular formula is C24H27ClO8. The first-order valence-electron chi connectivity index (χ1n) is 10.1. The van der Waals surface area contributed by atoms with E-state index in [1.54, 1.807) is 24.3 Å². The van der Waals surface area contributed by atoms with E-state index in [0.717, 1.165) is 0 Å². The van der Waals surface area contributed by atoms with E-state index in [1.165, 1.54) is 19.9 Å². The van der Waals surface area contributed by atoms with E-state index in [0.29, 0.717) is 22.3 Å². The van der Waals surface area contributed by atoms with Gasteiger partial charge in [-0.25, -0.2) is 9.59 Å². The third kappa shape index (κ3) is 7.49. The first kappa shape index (κ1) is 26.2. The molecule has 9 heteroatoms. The molecule has 2 aromatic carbocycles. The van der Waals surface area contributed by atoms with Crippen molar-refractivity contribution in [1.29, 1.82) is 0 Å². The Morgan fingerprint density at radius 2 is 1.64 bits per heavy atom. The zero-order chi connectivity index (χ0) is 24.5. The molecule has 2 aromatic rings. The number of carbonyl (C=O) groups is 2. The maximum atomic E-state index is 11.7. The highest BCUT2D eigenvalue weighted by molar-refractivity contribution is 6.33. The Hall–Kier alpha value is -3.07. The molecule has 33 heavy (non-hydrogen) atoms. The van der Waals surface area contributed by atoms with Gasteiger partial charge in [-0.1, -0.05) is 49.0 Å². The summed E-state index contributed by atoms with van der Waals surface area (Å²) in [5.41, 5.74) is 0.436. The number of esters is 2. The SMILES string of the molecule is C=C(C)C(=O)OCC(O)COc1c(Cl)cc(OCC(CO)OC(=O)C(=C)C)c2ccccc12. The van der Waals surface area contributed by atoms with E-state index < -0.39 is 30.8 Å². The van der Waals surface area contributed by atoms with Crippen molar-refractivity contribution in [1.82, 2.24) is 0 Å². The second-order valence-electron chi connectivity index (χ2n) is 7.38. The molecular weight excluding hydrogens is 452 g/mol. The summed E-state index contributed by atoms with van der Waals surface area (Å²) >= 11 is 6.41. The summed E-state index contributed by atoms with van der Waals surface area (Å²) in [7, 11) is 0. The number of hydrogen-bond acceptors (Lipinski definition) is 8. The standard InChI is InChI=1S/C24H27ClO8/c1-14(2)23(28)32-12-16(27)11-31-22-19-8-6-5-7-18(19)21(9-20(22)25)30-13-17(10-26)33-24(29)15(3)4/h5-9,16-17,26-27H,1,3,10-13H2,2,4H3. The lowest BCUT2D eigenvalue weighted by Gasteiger charge is -2.19. The molecule has 2 atom stereocenters. The monoisotopic (exact) mass is 478 g/mol. The lowest BCUT2D eigenvalue weighted by atomic mass is 10.1. The fourth-order valence-corrected chi connectivity index (χ4v) is 2.89. The van der Waals surface area contributed by atoms with Crippen LogP contribution in [0.2, 0.25) is 5.02 Å². The van der Waals surface area contributed by atoms with Crippen LogP contribution in [0.3, 0.4) is 0 Å². The molecule has 0 fully saturated rings. The smallest absolute Gasteiger partial charge is 0.333 e. The zero-order valence-corrected chi connectivity index (χ0v) is 19.3. The van der Waals surface area contributed by atoms with Crippen LogP contribution in [0.15, 0.2) is 54.6 Å². The number of benzene rings is 2. The maximum Gasteiger partial charge on any atom is 0.333 e. The summed E-state index contributed by atoms with van der Waals surface area (Å²) < 4.78 is 21.5. The topological polar surface area (TPSA) is 112 Å². The van der Waals surface area contributed by atoms with Crippen LogP contribution < -0.4 is 9.47 Å². The first-order chi connectivity index (χ1) is 15.6. The van der Waals surface area contributed by atoms with E-state index in [2.05, 4.69) is 13.2 Å². The normalized spacial score (nSPS) is 12.5. The van der Waals surface area contributed by atoms with Gasteiger partial charge >= 0.3 is 11.9 Å². The lowest BCUT2D eigenvalue weighted by molar-refractivity contribution is -0.148. The molecule has 0 saturated heterocycles. The van der Waals surface area contributed by atoms with E-state index in [1.807, 2.05) is 0 Å². The van der Waals surface area contributed by atoms with Gasteiger partial charge in [0.2, 0.25) is 0 Å². The number of carbonyl (C=O) groups excluding carboxylic acids is 2. The Bertz CT molecular complexity index is 1030. The van der Waals surface area contributed by atoms with Gasteiger partial charge in [0.25, 0.3) is 0 Å². The second-order valence-corrected chi connectivity index (χ2v) is 7.78. The van der Waals surface area contributed by atoms with Crippen LogP contribution in [-0.2, 0) is 19.1 Å². The van der Waals surface area contributed by atoms with Gasteiger partial charge in [0, 0.05) is 28.0 Å². The van der Waals surface area contributed by atoms with Crippen molar-refractivity contribution in [3.05, 3.63) is 59.7 Å². The van der Waals surface area contributed by atoms with Gasteiger partial charge in [0.05, 0.1) is 11.6 Å². The first-order valence-corrected chi connectivity index (χ1v) is 10.5. The van der Waals surface area contributed by atoms with Crippen LogP contribution in [-0.4, -0.2) is 60.8 Å². The summed E-state index contributed by atoms with van der Waals surface area (Å²) in [5, 5.41) is 21.0. The molecule has 0 heterocycles. The predicted molar refractivity (Wildman–Crippen MR) is 124 cm³/mol. The van der Waals surface area contributed by atoms with Gasteiger partial charge in [-0.2, -0.15) is 0 Å². The fraction of sp³-hybridized carbons (Fsp3) is 0.333. The molecule has 0 aliphatic rings. The van der Waals surface area contributed by atoms with Crippen molar-refractivity contribution in [3.63, 3.8) is 0 Å². The molecule has 8 nitrogen and oxygen atoms in total. The molecule has 2 N–H and O–H groups in total. The third-order valence-electron chi connectivity index (χ3n) is 4.34. The minimum Gasteiger partial charge on any atom is -0.489 e. The Balaban J connectivity index is 2.14. The minimum absolute atomic E-state index is 0.108. The fourth-order valence-electron chi connectivity index (χ4n) is 2.63. The van der Waals surface area contributed by atoms with Crippen molar-refractivity contribution in [3.8, 4) is 11.5 Å². The molecule has 0 spiro atoms. The second kappa shape index (κ2) is 12.2. The zero-order valence-electron chi connectivity index (χ0n) is 18.5. The number of ether oxygens (including phenoxy) is 4. The highest BCUT2D eigenvalue weighted by atomic mass is 35.5. The molecule has 0 saturated carbocycles. The summed E-state index contributed by atoms with van der Waals surface area (Å²) in [6.07, 6.45) is -1.97. The number of halogens is 1. The number of hydrogen-bond donors (Lipinski definition) is 2. The van der Waals surface area contributed by atoms with E-state index >= 15 is 0 Å². The van der Waals surface area contributed by atoms with Crippen molar-refractivity contribution >= 4 is 34.3 Å². The van der Waals surface area contributed by atoms with Crippen LogP contribution in [0.25, 0.3) is 10.8 Å². The molecule has 0 aliphatic heterocycles. The molecule has 0 amide bonds. The molecule has 0 bridgehead atoms.